The van der Waals surface area contributed by atoms with E-state index >= 15 is 0 Å². The van der Waals surface area contributed by atoms with Crippen molar-refractivity contribution >= 4 is 11.8 Å². The average molecular weight is 229 g/mol. The van der Waals surface area contributed by atoms with E-state index in [-0.39, 0.29) is 12.2 Å². The number of nitro benzene ring substituents is 1. The van der Waals surface area contributed by atoms with Gasteiger partial charge in [-0.2, -0.15) is 8.78 Å². The molecule has 0 aliphatic heterocycles. The third kappa shape index (κ3) is 2.83. The lowest BCUT2D eigenvalue weighted by molar-refractivity contribution is -0.390. The fourth-order valence-electron chi connectivity index (χ4n) is 1.15. The Balaban J connectivity index is 3.05. The van der Waals surface area contributed by atoms with Crippen molar-refractivity contribution < 1.29 is 18.8 Å². The van der Waals surface area contributed by atoms with Crippen molar-refractivity contribution in [2.45, 2.75) is 6.42 Å². The molecule has 1 aromatic carbocycles. The zero-order valence-electron chi connectivity index (χ0n) is 8.19. The van der Waals surface area contributed by atoms with Crippen molar-refractivity contribution in [1.29, 1.82) is 0 Å². The number of aliphatic hydroxyl groups is 1. The number of hydrogen-bond acceptors (Lipinski definition) is 3. The molecule has 6 heteroatoms. The van der Waals surface area contributed by atoms with Crippen LogP contribution in [0.3, 0.4) is 0 Å². The molecule has 0 saturated carbocycles. The van der Waals surface area contributed by atoms with Gasteiger partial charge in [-0.15, -0.1) is 0 Å². The number of nitrogens with zero attached hydrogens (tertiary/aromatic N) is 1. The lowest BCUT2D eigenvalue weighted by Gasteiger charge is -1.98. The van der Waals surface area contributed by atoms with E-state index in [2.05, 4.69) is 0 Å². The summed E-state index contributed by atoms with van der Waals surface area (Å²) in [6.07, 6.45) is 3.24. The van der Waals surface area contributed by atoms with Crippen LogP contribution >= 0.6 is 0 Å². The normalized spacial score (nSPS) is 10.9. The molecule has 0 amide bonds. The van der Waals surface area contributed by atoms with Crippen LogP contribution in [0.2, 0.25) is 0 Å². The van der Waals surface area contributed by atoms with E-state index in [9.17, 15) is 18.9 Å². The van der Waals surface area contributed by atoms with Gasteiger partial charge >= 0.3 is 5.69 Å². The first-order valence-electron chi connectivity index (χ1n) is 4.47. The molecule has 0 aromatic heterocycles. The summed E-state index contributed by atoms with van der Waals surface area (Å²) >= 11 is 0. The zero-order valence-corrected chi connectivity index (χ0v) is 8.19. The van der Waals surface area contributed by atoms with Crippen LogP contribution in [0.4, 0.5) is 14.5 Å². The molecule has 0 spiro atoms. The van der Waals surface area contributed by atoms with Gasteiger partial charge in [-0.3, -0.25) is 10.1 Å². The Bertz CT molecular complexity index is 409. The third-order valence-electron chi connectivity index (χ3n) is 1.83. The van der Waals surface area contributed by atoms with E-state index in [1.54, 1.807) is 0 Å². The smallest absolute Gasteiger partial charge is 0.340 e. The second-order valence-corrected chi connectivity index (χ2v) is 3.00. The molecular formula is C10H9F2NO3. The predicted octanol–water partition coefficient (Wildman–Crippen LogP) is 2.27. The summed E-state index contributed by atoms with van der Waals surface area (Å²) in [5.41, 5.74) is -0.978. The molecule has 0 aliphatic carbocycles. The molecule has 86 valence electrons. The highest BCUT2D eigenvalue weighted by Gasteiger charge is 2.21. The molecule has 0 radical (unpaired) electrons. The largest absolute Gasteiger partial charge is 0.396 e. The second kappa shape index (κ2) is 5.32. The Hall–Kier alpha value is -1.82. The van der Waals surface area contributed by atoms with Gasteiger partial charge in [0.2, 0.25) is 11.6 Å². The van der Waals surface area contributed by atoms with Crippen molar-refractivity contribution in [3.05, 3.63) is 45.5 Å². The van der Waals surface area contributed by atoms with Crippen LogP contribution in [0.25, 0.3) is 6.08 Å². The third-order valence-corrected chi connectivity index (χ3v) is 1.83. The summed E-state index contributed by atoms with van der Waals surface area (Å²) in [6, 6.07) is 1.74. The van der Waals surface area contributed by atoms with Gasteiger partial charge in [0.1, 0.15) is 0 Å². The topological polar surface area (TPSA) is 63.4 Å². The molecular weight excluding hydrogens is 220 g/mol. The minimum absolute atomic E-state index is 0.0750. The summed E-state index contributed by atoms with van der Waals surface area (Å²) in [7, 11) is 0. The summed E-state index contributed by atoms with van der Waals surface area (Å²) in [6.45, 7) is -0.0750. The SMILES string of the molecule is O=[N+]([O-])c1c(F)cc(C=CCCO)cc1F. The Morgan fingerprint density at radius 1 is 1.38 bits per heavy atom. The molecule has 0 atom stereocenters. The van der Waals surface area contributed by atoms with Crippen molar-refractivity contribution in [2.24, 2.45) is 0 Å². The summed E-state index contributed by atoms with van der Waals surface area (Å²) in [4.78, 5) is 9.18. The van der Waals surface area contributed by atoms with Gasteiger partial charge in [0.15, 0.2) is 0 Å². The number of nitro groups is 1. The number of aliphatic hydroxyl groups excluding tert-OH is 1. The van der Waals surface area contributed by atoms with Gasteiger partial charge in [0.25, 0.3) is 0 Å². The van der Waals surface area contributed by atoms with E-state index in [1.165, 1.54) is 12.2 Å². The van der Waals surface area contributed by atoms with Gasteiger partial charge in [-0.25, -0.2) is 0 Å². The van der Waals surface area contributed by atoms with Crippen molar-refractivity contribution in [1.82, 2.24) is 0 Å². The number of hydrogen-bond donors (Lipinski definition) is 1. The van der Waals surface area contributed by atoms with Crippen LogP contribution in [-0.4, -0.2) is 16.6 Å². The van der Waals surface area contributed by atoms with Crippen molar-refractivity contribution in [2.75, 3.05) is 6.61 Å². The lowest BCUT2D eigenvalue weighted by Crippen LogP contribution is -1.97. The first kappa shape index (κ1) is 12.3. The predicted molar refractivity (Wildman–Crippen MR) is 53.7 cm³/mol. The maximum absolute atomic E-state index is 13.1. The first-order valence-corrected chi connectivity index (χ1v) is 4.47. The van der Waals surface area contributed by atoms with E-state index in [1.807, 2.05) is 0 Å². The lowest BCUT2D eigenvalue weighted by atomic mass is 10.1. The number of rotatable bonds is 4. The first-order chi connectivity index (χ1) is 7.56. The van der Waals surface area contributed by atoms with Crippen molar-refractivity contribution in [3.8, 4) is 0 Å². The molecule has 1 aromatic rings. The van der Waals surface area contributed by atoms with Crippen LogP contribution in [0, 0.1) is 21.7 Å². The highest BCUT2D eigenvalue weighted by molar-refractivity contribution is 5.53. The monoisotopic (exact) mass is 229 g/mol. The van der Waals surface area contributed by atoms with Crippen LogP contribution in [0.1, 0.15) is 12.0 Å². The average Bonchev–Trinajstić information content (AvgIpc) is 2.16. The molecule has 1 rings (SSSR count). The number of halogens is 2. The Kier molecular flexibility index (Phi) is 4.07. The van der Waals surface area contributed by atoms with Crippen LogP contribution in [0.5, 0.6) is 0 Å². The fourth-order valence-corrected chi connectivity index (χ4v) is 1.15. The molecule has 0 aliphatic rings. The minimum Gasteiger partial charge on any atom is -0.396 e. The molecule has 0 fully saturated rings. The van der Waals surface area contributed by atoms with Crippen molar-refractivity contribution in [3.63, 3.8) is 0 Å². The van der Waals surface area contributed by atoms with Gasteiger partial charge in [-0.05, 0) is 24.1 Å². The fraction of sp³-hybridized carbons (Fsp3) is 0.200. The maximum atomic E-state index is 13.1. The van der Waals surface area contributed by atoms with Gasteiger partial charge in [-0.1, -0.05) is 12.2 Å². The van der Waals surface area contributed by atoms with Gasteiger partial charge < -0.3 is 5.11 Å². The standard InChI is InChI=1S/C10H9F2NO3/c11-8-5-7(3-1-2-4-14)6-9(12)10(8)13(15)16/h1,3,5-6,14H,2,4H2. The molecule has 0 bridgehead atoms. The summed E-state index contributed by atoms with van der Waals surface area (Å²) < 4.78 is 26.2. The maximum Gasteiger partial charge on any atom is 0.340 e. The number of benzene rings is 1. The van der Waals surface area contributed by atoms with Crippen LogP contribution < -0.4 is 0 Å². The van der Waals surface area contributed by atoms with Gasteiger partial charge in [0, 0.05) is 6.61 Å². The Morgan fingerprint density at radius 2 is 1.94 bits per heavy atom. The molecule has 0 saturated heterocycles. The second-order valence-electron chi connectivity index (χ2n) is 3.00. The van der Waals surface area contributed by atoms with Crippen LogP contribution in [-0.2, 0) is 0 Å². The zero-order chi connectivity index (χ0) is 12.1. The summed E-state index contributed by atoms with van der Waals surface area (Å²) in [5.74, 6) is -2.43. The molecule has 1 N–H and O–H groups in total. The summed E-state index contributed by atoms with van der Waals surface area (Å²) in [5, 5.41) is 18.8. The van der Waals surface area contributed by atoms with E-state index < -0.39 is 22.2 Å². The molecule has 16 heavy (non-hydrogen) atoms. The highest BCUT2D eigenvalue weighted by Crippen LogP contribution is 2.23. The Labute approximate surface area is 90.0 Å². The minimum atomic E-state index is -1.21. The van der Waals surface area contributed by atoms with Crippen LogP contribution in [0.15, 0.2) is 18.2 Å². The quantitative estimate of drug-likeness (QED) is 0.636. The van der Waals surface area contributed by atoms with E-state index in [0.29, 0.717) is 6.42 Å². The Morgan fingerprint density at radius 3 is 2.38 bits per heavy atom. The molecule has 0 unspecified atom stereocenters. The molecule has 4 nitrogen and oxygen atoms in total. The molecule has 0 heterocycles. The highest BCUT2D eigenvalue weighted by atomic mass is 19.1. The van der Waals surface area contributed by atoms with Gasteiger partial charge in [0.05, 0.1) is 4.92 Å². The van der Waals surface area contributed by atoms with E-state index in [0.717, 1.165) is 12.1 Å². The van der Waals surface area contributed by atoms with E-state index in [4.69, 9.17) is 5.11 Å².